The van der Waals surface area contributed by atoms with Gasteiger partial charge in [0.1, 0.15) is 0 Å². The molecule has 2 amide bonds. The van der Waals surface area contributed by atoms with Crippen molar-refractivity contribution in [1.82, 2.24) is 4.90 Å². The highest BCUT2D eigenvalue weighted by molar-refractivity contribution is 5.94. The zero-order valence-corrected chi connectivity index (χ0v) is 15.9. The number of ether oxygens (including phenoxy) is 1. The van der Waals surface area contributed by atoms with E-state index < -0.39 is 11.4 Å². The molecule has 2 aromatic rings. The second-order valence-corrected chi connectivity index (χ2v) is 6.94. The van der Waals surface area contributed by atoms with Crippen LogP contribution in [0.5, 0.6) is 0 Å². The molecule has 6 nitrogen and oxygen atoms in total. The molecule has 28 heavy (non-hydrogen) atoms. The van der Waals surface area contributed by atoms with Gasteiger partial charge >= 0.3 is 5.97 Å². The summed E-state index contributed by atoms with van der Waals surface area (Å²) in [6.07, 6.45) is 0.936. The fraction of sp³-hybridized carbons (Fsp3) is 0.318. The number of esters is 1. The summed E-state index contributed by atoms with van der Waals surface area (Å²) in [7, 11) is 0. The van der Waals surface area contributed by atoms with Crippen LogP contribution in [0.2, 0.25) is 0 Å². The smallest absolute Gasteiger partial charge is 0.317 e. The van der Waals surface area contributed by atoms with Crippen molar-refractivity contribution >= 4 is 23.5 Å². The number of hydrogen-bond acceptors (Lipinski definition) is 4. The van der Waals surface area contributed by atoms with Gasteiger partial charge in [0.2, 0.25) is 5.91 Å². The number of benzene rings is 2. The fourth-order valence-corrected chi connectivity index (χ4v) is 3.56. The molecule has 1 heterocycles. The molecule has 6 heteroatoms. The highest BCUT2D eigenvalue weighted by atomic mass is 16.5. The number of hydrogen-bond donors (Lipinski definition) is 1. The lowest BCUT2D eigenvalue weighted by molar-refractivity contribution is -0.156. The number of nitrogens with one attached hydrogen (secondary N) is 1. The molecule has 0 bridgehead atoms. The summed E-state index contributed by atoms with van der Waals surface area (Å²) in [4.78, 5) is 38.6. The second-order valence-electron chi connectivity index (χ2n) is 6.94. The quantitative estimate of drug-likeness (QED) is 0.810. The van der Waals surface area contributed by atoms with E-state index in [1.54, 1.807) is 17.0 Å². The monoisotopic (exact) mass is 380 g/mol. The van der Waals surface area contributed by atoms with Gasteiger partial charge in [-0.05, 0) is 30.5 Å². The van der Waals surface area contributed by atoms with Crippen molar-refractivity contribution in [3.05, 3.63) is 66.2 Å². The number of nitrogens with zero attached hydrogens (tertiary/aromatic N) is 1. The third-order valence-electron chi connectivity index (χ3n) is 5.17. The maximum Gasteiger partial charge on any atom is 0.317 e. The van der Waals surface area contributed by atoms with Crippen LogP contribution in [-0.4, -0.2) is 42.4 Å². The molecule has 3 rings (SSSR count). The number of likely N-dealkylation sites (tertiary alicyclic amines) is 1. The van der Waals surface area contributed by atoms with E-state index in [1.807, 2.05) is 48.5 Å². The number of piperidine rings is 1. The molecular formula is C22H24N2O4. The van der Waals surface area contributed by atoms with Gasteiger partial charge in [-0.15, -0.1) is 0 Å². The average molecular weight is 380 g/mol. The van der Waals surface area contributed by atoms with Crippen molar-refractivity contribution in [2.75, 3.05) is 25.0 Å². The highest BCUT2D eigenvalue weighted by Gasteiger charge is 2.44. The molecule has 0 atom stereocenters. The predicted octanol–water partition coefficient (Wildman–Crippen LogP) is 2.75. The Labute approximate surface area is 164 Å². The van der Waals surface area contributed by atoms with Crippen LogP contribution in [0.4, 0.5) is 5.69 Å². The Kier molecular flexibility index (Phi) is 6.09. The van der Waals surface area contributed by atoms with Crippen LogP contribution in [0.3, 0.4) is 0 Å². The Balaban J connectivity index is 1.69. The highest BCUT2D eigenvalue weighted by Crippen LogP contribution is 2.37. The van der Waals surface area contributed by atoms with E-state index in [4.69, 9.17) is 4.74 Å². The standard InChI is InChI=1S/C22H24N2O4/c1-17(25)24-14-12-22(13-15-24,18-8-4-2-5-9-18)21(27)28-16-20(26)23-19-10-6-3-7-11-19/h2-11H,12-16H2,1H3,(H,23,26). The summed E-state index contributed by atoms with van der Waals surface area (Å²) in [6.45, 7) is 2.14. The minimum atomic E-state index is -0.847. The molecule has 0 radical (unpaired) electrons. The fourth-order valence-electron chi connectivity index (χ4n) is 3.56. The molecule has 1 saturated heterocycles. The van der Waals surface area contributed by atoms with Crippen LogP contribution in [0.25, 0.3) is 0 Å². The lowest BCUT2D eigenvalue weighted by Gasteiger charge is -2.40. The Bertz CT molecular complexity index is 828. The summed E-state index contributed by atoms with van der Waals surface area (Å²) >= 11 is 0. The number of amides is 2. The van der Waals surface area contributed by atoms with Crippen molar-refractivity contribution in [1.29, 1.82) is 0 Å². The van der Waals surface area contributed by atoms with E-state index in [-0.39, 0.29) is 18.4 Å². The molecule has 0 saturated carbocycles. The molecule has 146 valence electrons. The van der Waals surface area contributed by atoms with Gasteiger partial charge in [0.25, 0.3) is 5.91 Å². The zero-order valence-electron chi connectivity index (χ0n) is 15.9. The van der Waals surface area contributed by atoms with Gasteiger partial charge in [0.05, 0.1) is 5.41 Å². The van der Waals surface area contributed by atoms with Crippen LogP contribution in [0, 0.1) is 0 Å². The SMILES string of the molecule is CC(=O)N1CCC(C(=O)OCC(=O)Nc2ccccc2)(c2ccccc2)CC1. The van der Waals surface area contributed by atoms with Crippen LogP contribution < -0.4 is 5.32 Å². The largest absolute Gasteiger partial charge is 0.455 e. The first-order chi connectivity index (χ1) is 13.5. The Morgan fingerprint density at radius 3 is 2.11 bits per heavy atom. The van der Waals surface area contributed by atoms with Crippen molar-refractivity contribution in [3.63, 3.8) is 0 Å². The lowest BCUT2D eigenvalue weighted by Crippen LogP contribution is -2.49. The summed E-state index contributed by atoms with van der Waals surface area (Å²) in [5, 5.41) is 2.71. The molecule has 0 aliphatic carbocycles. The van der Waals surface area contributed by atoms with E-state index in [2.05, 4.69) is 5.32 Å². The molecule has 1 aliphatic heterocycles. The Morgan fingerprint density at radius 1 is 0.964 bits per heavy atom. The van der Waals surface area contributed by atoms with Gasteiger partial charge in [-0.25, -0.2) is 0 Å². The van der Waals surface area contributed by atoms with Gasteiger partial charge in [-0.1, -0.05) is 48.5 Å². The molecule has 0 unspecified atom stereocenters. The summed E-state index contributed by atoms with van der Waals surface area (Å²) in [5.41, 5.74) is 0.656. The van der Waals surface area contributed by atoms with E-state index >= 15 is 0 Å². The zero-order chi connectivity index (χ0) is 20.0. The van der Waals surface area contributed by atoms with Gasteiger partial charge < -0.3 is 15.0 Å². The molecule has 1 aliphatic rings. The Morgan fingerprint density at radius 2 is 1.54 bits per heavy atom. The Hall–Kier alpha value is -3.15. The van der Waals surface area contributed by atoms with Crippen molar-refractivity contribution in [2.24, 2.45) is 0 Å². The maximum absolute atomic E-state index is 13.0. The van der Waals surface area contributed by atoms with Crippen molar-refractivity contribution in [3.8, 4) is 0 Å². The normalized spacial score (nSPS) is 15.5. The molecule has 2 aromatic carbocycles. The lowest BCUT2D eigenvalue weighted by atomic mass is 9.72. The van der Waals surface area contributed by atoms with Crippen molar-refractivity contribution < 1.29 is 19.1 Å². The van der Waals surface area contributed by atoms with E-state index in [0.29, 0.717) is 31.6 Å². The van der Waals surface area contributed by atoms with Gasteiger partial charge in [-0.2, -0.15) is 0 Å². The summed E-state index contributed by atoms with van der Waals surface area (Å²) < 4.78 is 5.41. The van der Waals surface area contributed by atoms with E-state index in [1.165, 1.54) is 6.92 Å². The number of carbonyl (C=O) groups is 3. The maximum atomic E-state index is 13.0. The first-order valence-corrected chi connectivity index (χ1v) is 9.34. The summed E-state index contributed by atoms with van der Waals surface area (Å²) in [5.74, 6) is -0.814. The van der Waals surface area contributed by atoms with Gasteiger partial charge in [0, 0.05) is 25.7 Å². The molecule has 0 aromatic heterocycles. The third kappa shape index (κ3) is 4.39. The average Bonchev–Trinajstić information content (AvgIpc) is 2.73. The number of para-hydroxylation sites is 1. The second kappa shape index (κ2) is 8.69. The molecular weight excluding hydrogens is 356 g/mol. The first kappa shape index (κ1) is 19.6. The van der Waals surface area contributed by atoms with Gasteiger partial charge in [-0.3, -0.25) is 14.4 Å². The third-order valence-corrected chi connectivity index (χ3v) is 5.17. The van der Waals surface area contributed by atoms with Gasteiger partial charge in [0.15, 0.2) is 6.61 Å². The number of carbonyl (C=O) groups excluding carboxylic acids is 3. The van der Waals surface area contributed by atoms with Crippen LogP contribution in [0.1, 0.15) is 25.3 Å². The van der Waals surface area contributed by atoms with E-state index in [9.17, 15) is 14.4 Å². The minimum absolute atomic E-state index is 0.00253. The molecule has 1 fully saturated rings. The molecule has 1 N–H and O–H groups in total. The predicted molar refractivity (Wildman–Crippen MR) is 106 cm³/mol. The van der Waals surface area contributed by atoms with Crippen LogP contribution >= 0.6 is 0 Å². The summed E-state index contributed by atoms with van der Waals surface area (Å²) in [6, 6.07) is 18.5. The van der Waals surface area contributed by atoms with E-state index in [0.717, 1.165) is 5.56 Å². The number of rotatable bonds is 5. The molecule has 0 spiro atoms. The van der Waals surface area contributed by atoms with Crippen molar-refractivity contribution in [2.45, 2.75) is 25.2 Å². The number of anilines is 1. The van der Waals surface area contributed by atoms with Crippen LogP contribution in [-0.2, 0) is 24.5 Å². The topological polar surface area (TPSA) is 75.7 Å². The first-order valence-electron chi connectivity index (χ1n) is 9.34. The minimum Gasteiger partial charge on any atom is -0.455 e. The van der Waals surface area contributed by atoms with Crippen LogP contribution in [0.15, 0.2) is 60.7 Å².